The maximum absolute atomic E-state index is 12.3. The van der Waals surface area contributed by atoms with Crippen molar-refractivity contribution in [2.75, 3.05) is 0 Å². The van der Waals surface area contributed by atoms with Gasteiger partial charge in [0.05, 0.1) is 5.92 Å². The molecule has 1 unspecified atom stereocenters. The van der Waals surface area contributed by atoms with Crippen molar-refractivity contribution in [1.82, 2.24) is 0 Å². The third-order valence-corrected chi connectivity index (χ3v) is 2.21. The molecule has 0 aliphatic rings. The smallest absolute Gasteiger partial charge is 0.326 e. The van der Waals surface area contributed by atoms with Gasteiger partial charge in [-0.15, -0.1) is 0 Å². The van der Waals surface area contributed by atoms with E-state index >= 15 is 0 Å². The van der Waals surface area contributed by atoms with E-state index in [-0.39, 0.29) is 5.56 Å². The molecular weight excluding hydrogens is 191 g/mol. The van der Waals surface area contributed by atoms with Gasteiger partial charge in [-0.1, -0.05) is 24.3 Å². The Morgan fingerprint density at radius 3 is 2.07 bits per heavy atom. The maximum atomic E-state index is 12.3. The Labute approximate surface area is 80.7 Å². The molecule has 0 aliphatic heterocycles. The normalized spacial score (nSPS) is 14.1. The summed E-state index contributed by atoms with van der Waals surface area (Å²) in [5.41, 5.74) is 6.45. The Morgan fingerprint density at radius 1 is 1.21 bits per heavy atom. The molecule has 78 valence electrons. The molecule has 0 amide bonds. The molecule has 0 bridgehead atoms. The summed E-state index contributed by atoms with van der Waals surface area (Å²) in [5, 5.41) is 0. The average Bonchev–Trinajstić information content (AvgIpc) is 2.15. The summed E-state index contributed by atoms with van der Waals surface area (Å²) < 4.78 is 36.9. The minimum atomic E-state index is -4.18. The highest BCUT2D eigenvalue weighted by Gasteiger charge is 2.36. The zero-order valence-electron chi connectivity index (χ0n) is 7.81. The van der Waals surface area contributed by atoms with Crippen LogP contribution >= 0.6 is 0 Å². The second-order valence-corrected chi connectivity index (χ2v) is 3.21. The van der Waals surface area contributed by atoms with Gasteiger partial charge in [0.1, 0.15) is 0 Å². The lowest BCUT2D eigenvalue weighted by Gasteiger charge is -2.15. The summed E-state index contributed by atoms with van der Waals surface area (Å²) in [6.07, 6.45) is -4.18. The summed E-state index contributed by atoms with van der Waals surface area (Å²) in [6, 6.07) is 6.19. The number of rotatable bonds is 2. The van der Waals surface area contributed by atoms with Gasteiger partial charge in [-0.2, -0.15) is 13.2 Å². The van der Waals surface area contributed by atoms with Gasteiger partial charge in [-0.3, -0.25) is 0 Å². The molecule has 0 heterocycles. The molecule has 0 aliphatic carbocycles. The standard InChI is InChI=1S/C10H12F3N/c1-7(10(11,12)13)9-4-2-8(6-14)3-5-9/h2-5,7H,6,14H2,1H3. The fourth-order valence-electron chi connectivity index (χ4n) is 1.13. The van der Waals surface area contributed by atoms with E-state index in [1.807, 2.05) is 0 Å². The monoisotopic (exact) mass is 203 g/mol. The van der Waals surface area contributed by atoms with Crippen molar-refractivity contribution in [2.24, 2.45) is 5.73 Å². The minimum Gasteiger partial charge on any atom is -0.326 e. The Balaban J connectivity index is 2.87. The van der Waals surface area contributed by atoms with E-state index in [1.54, 1.807) is 12.1 Å². The van der Waals surface area contributed by atoms with Crippen LogP contribution in [-0.4, -0.2) is 6.18 Å². The predicted molar refractivity (Wildman–Crippen MR) is 48.8 cm³/mol. The molecule has 14 heavy (non-hydrogen) atoms. The second kappa shape index (κ2) is 4.00. The maximum Gasteiger partial charge on any atom is 0.395 e. The molecule has 0 fully saturated rings. The van der Waals surface area contributed by atoms with Gasteiger partial charge in [0.25, 0.3) is 0 Å². The molecular formula is C10H12F3N. The Bertz CT molecular complexity index is 289. The van der Waals surface area contributed by atoms with E-state index < -0.39 is 12.1 Å². The molecule has 0 saturated carbocycles. The highest BCUT2D eigenvalue weighted by molar-refractivity contribution is 5.25. The first-order chi connectivity index (χ1) is 6.45. The second-order valence-electron chi connectivity index (χ2n) is 3.21. The SMILES string of the molecule is CC(c1ccc(CN)cc1)C(F)(F)F. The highest BCUT2D eigenvalue weighted by atomic mass is 19.4. The van der Waals surface area contributed by atoms with E-state index in [0.717, 1.165) is 12.5 Å². The Morgan fingerprint density at radius 2 is 1.71 bits per heavy atom. The van der Waals surface area contributed by atoms with Crippen molar-refractivity contribution in [3.05, 3.63) is 35.4 Å². The molecule has 1 atom stereocenters. The predicted octanol–water partition coefficient (Wildman–Crippen LogP) is 2.81. The molecule has 0 radical (unpaired) electrons. The summed E-state index contributed by atoms with van der Waals surface area (Å²) >= 11 is 0. The molecule has 2 N–H and O–H groups in total. The molecule has 0 aromatic heterocycles. The topological polar surface area (TPSA) is 26.0 Å². The van der Waals surface area contributed by atoms with E-state index in [0.29, 0.717) is 6.54 Å². The molecule has 1 rings (SSSR count). The number of hydrogen-bond acceptors (Lipinski definition) is 1. The lowest BCUT2D eigenvalue weighted by atomic mass is 9.99. The molecule has 1 aromatic rings. The fourth-order valence-corrected chi connectivity index (χ4v) is 1.13. The molecule has 0 spiro atoms. The van der Waals surface area contributed by atoms with Crippen LogP contribution < -0.4 is 5.73 Å². The Kier molecular flexibility index (Phi) is 3.16. The summed E-state index contributed by atoms with van der Waals surface area (Å²) in [6.45, 7) is 1.50. The van der Waals surface area contributed by atoms with Gasteiger partial charge in [-0.05, 0) is 18.1 Å². The van der Waals surface area contributed by atoms with Crippen LogP contribution in [0.2, 0.25) is 0 Å². The molecule has 4 heteroatoms. The van der Waals surface area contributed by atoms with Gasteiger partial charge in [0, 0.05) is 6.54 Å². The summed E-state index contributed by atoms with van der Waals surface area (Å²) in [5.74, 6) is -1.42. The van der Waals surface area contributed by atoms with Crippen LogP contribution in [-0.2, 0) is 6.54 Å². The number of alkyl halides is 3. The summed E-state index contributed by atoms with van der Waals surface area (Å²) in [4.78, 5) is 0. The van der Waals surface area contributed by atoms with Gasteiger partial charge in [0.2, 0.25) is 0 Å². The van der Waals surface area contributed by atoms with Crippen LogP contribution in [0.15, 0.2) is 24.3 Å². The van der Waals surface area contributed by atoms with E-state index in [9.17, 15) is 13.2 Å². The first-order valence-corrected chi connectivity index (χ1v) is 4.30. The van der Waals surface area contributed by atoms with Crippen LogP contribution in [0, 0.1) is 0 Å². The van der Waals surface area contributed by atoms with Crippen LogP contribution in [0.1, 0.15) is 24.0 Å². The van der Waals surface area contributed by atoms with Crippen molar-refractivity contribution in [3.63, 3.8) is 0 Å². The van der Waals surface area contributed by atoms with Gasteiger partial charge in [-0.25, -0.2) is 0 Å². The zero-order chi connectivity index (χ0) is 10.8. The van der Waals surface area contributed by atoms with Crippen LogP contribution in [0.4, 0.5) is 13.2 Å². The minimum absolute atomic E-state index is 0.273. The van der Waals surface area contributed by atoms with E-state index in [4.69, 9.17) is 5.73 Å². The molecule has 0 saturated heterocycles. The number of hydrogen-bond donors (Lipinski definition) is 1. The van der Waals surface area contributed by atoms with Gasteiger partial charge >= 0.3 is 6.18 Å². The largest absolute Gasteiger partial charge is 0.395 e. The van der Waals surface area contributed by atoms with Crippen molar-refractivity contribution < 1.29 is 13.2 Å². The van der Waals surface area contributed by atoms with Crippen molar-refractivity contribution >= 4 is 0 Å². The fraction of sp³-hybridized carbons (Fsp3) is 0.400. The lowest BCUT2D eigenvalue weighted by molar-refractivity contribution is -0.146. The number of benzene rings is 1. The zero-order valence-corrected chi connectivity index (χ0v) is 7.81. The third-order valence-electron chi connectivity index (χ3n) is 2.21. The van der Waals surface area contributed by atoms with Gasteiger partial charge < -0.3 is 5.73 Å². The van der Waals surface area contributed by atoms with Crippen LogP contribution in [0.3, 0.4) is 0 Å². The van der Waals surface area contributed by atoms with Gasteiger partial charge in [0.15, 0.2) is 0 Å². The molecule has 1 aromatic carbocycles. The van der Waals surface area contributed by atoms with E-state index in [2.05, 4.69) is 0 Å². The summed E-state index contributed by atoms with van der Waals surface area (Å²) in [7, 11) is 0. The highest BCUT2D eigenvalue weighted by Crippen LogP contribution is 2.34. The first kappa shape index (κ1) is 11.0. The van der Waals surface area contributed by atoms with Crippen LogP contribution in [0.5, 0.6) is 0 Å². The number of nitrogens with two attached hydrogens (primary N) is 1. The van der Waals surface area contributed by atoms with E-state index in [1.165, 1.54) is 12.1 Å². The Hall–Kier alpha value is -1.03. The van der Waals surface area contributed by atoms with Crippen molar-refractivity contribution in [2.45, 2.75) is 25.6 Å². The lowest BCUT2D eigenvalue weighted by Crippen LogP contribution is -2.17. The molecule has 1 nitrogen and oxygen atoms in total. The van der Waals surface area contributed by atoms with Crippen LogP contribution in [0.25, 0.3) is 0 Å². The van der Waals surface area contributed by atoms with Crippen molar-refractivity contribution in [3.8, 4) is 0 Å². The first-order valence-electron chi connectivity index (χ1n) is 4.30. The third kappa shape index (κ3) is 2.48. The number of halogens is 3. The average molecular weight is 203 g/mol. The van der Waals surface area contributed by atoms with Crippen molar-refractivity contribution in [1.29, 1.82) is 0 Å². The quantitative estimate of drug-likeness (QED) is 0.785.